The summed E-state index contributed by atoms with van der Waals surface area (Å²) in [4.78, 5) is 23.9. The lowest BCUT2D eigenvalue weighted by Gasteiger charge is -2.30. The minimum Gasteiger partial charge on any atom is -0.494 e. The molecule has 7 heteroatoms. The number of likely N-dealkylation sites (tertiary alicyclic amines) is 1. The van der Waals surface area contributed by atoms with Crippen LogP contribution in [0.5, 0.6) is 5.75 Å². The van der Waals surface area contributed by atoms with E-state index in [0.717, 1.165) is 25.9 Å². The van der Waals surface area contributed by atoms with E-state index in [2.05, 4.69) is 0 Å². The molecule has 0 radical (unpaired) electrons. The molecule has 1 saturated heterocycles. The van der Waals surface area contributed by atoms with Gasteiger partial charge in [-0.2, -0.15) is 0 Å². The number of nitrogens with two attached hydrogens (primary N) is 1. The summed E-state index contributed by atoms with van der Waals surface area (Å²) in [6, 6.07) is 6.14. The van der Waals surface area contributed by atoms with Crippen molar-refractivity contribution in [2.45, 2.75) is 31.7 Å². The molecule has 1 amide bonds. The summed E-state index contributed by atoms with van der Waals surface area (Å²) in [6.07, 6.45) is 2.80. The summed E-state index contributed by atoms with van der Waals surface area (Å²) >= 11 is 0. The van der Waals surface area contributed by atoms with E-state index in [0.29, 0.717) is 25.2 Å². The second kappa shape index (κ2) is 7.74. The van der Waals surface area contributed by atoms with Crippen LogP contribution in [0.15, 0.2) is 24.3 Å². The Bertz CT molecular complexity index is 510. The summed E-state index contributed by atoms with van der Waals surface area (Å²) in [5.74, 6) is 0.709. The van der Waals surface area contributed by atoms with Crippen molar-refractivity contribution >= 4 is 11.6 Å². The Kier molecular flexibility index (Phi) is 5.71. The molecule has 1 aromatic carbocycles. The molecule has 1 aliphatic heterocycles. The predicted molar refractivity (Wildman–Crippen MR) is 81.6 cm³/mol. The highest BCUT2D eigenvalue weighted by atomic mass is 16.6. The Balaban J connectivity index is 1.66. The second-order valence-corrected chi connectivity index (χ2v) is 5.42. The maximum atomic E-state index is 12.0. The number of ether oxygens (including phenoxy) is 1. The number of nitro groups is 1. The molecule has 7 nitrogen and oxygen atoms in total. The first-order valence-electron chi connectivity index (χ1n) is 7.47. The molecule has 2 rings (SSSR count). The van der Waals surface area contributed by atoms with Crippen molar-refractivity contribution in [3.8, 4) is 5.75 Å². The fraction of sp³-hybridized carbons (Fsp3) is 0.533. The van der Waals surface area contributed by atoms with Gasteiger partial charge in [0.05, 0.1) is 11.5 Å². The first-order chi connectivity index (χ1) is 10.6. The average molecular weight is 307 g/mol. The zero-order chi connectivity index (χ0) is 15.9. The van der Waals surface area contributed by atoms with Crippen LogP contribution in [-0.4, -0.2) is 41.5 Å². The lowest BCUT2D eigenvalue weighted by atomic mass is 10.1. The fourth-order valence-electron chi connectivity index (χ4n) is 2.38. The largest absolute Gasteiger partial charge is 0.494 e. The van der Waals surface area contributed by atoms with Crippen molar-refractivity contribution < 1.29 is 14.5 Å². The monoisotopic (exact) mass is 307 g/mol. The number of nitro benzene ring substituents is 1. The molecule has 22 heavy (non-hydrogen) atoms. The van der Waals surface area contributed by atoms with Crippen molar-refractivity contribution in [1.29, 1.82) is 0 Å². The average Bonchev–Trinajstić information content (AvgIpc) is 2.52. The topological polar surface area (TPSA) is 98.7 Å². The minimum absolute atomic E-state index is 0.0332. The number of rotatable bonds is 6. The smallest absolute Gasteiger partial charge is 0.269 e. The molecule has 1 aromatic rings. The van der Waals surface area contributed by atoms with E-state index in [1.807, 2.05) is 4.90 Å². The summed E-state index contributed by atoms with van der Waals surface area (Å²) in [5.41, 5.74) is 5.85. The predicted octanol–water partition coefficient (Wildman–Crippen LogP) is 1.70. The van der Waals surface area contributed by atoms with Crippen molar-refractivity contribution in [3.05, 3.63) is 34.4 Å². The van der Waals surface area contributed by atoms with Gasteiger partial charge in [-0.25, -0.2) is 0 Å². The van der Waals surface area contributed by atoms with E-state index >= 15 is 0 Å². The van der Waals surface area contributed by atoms with Gasteiger partial charge in [-0.1, -0.05) is 0 Å². The number of amides is 1. The van der Waals surface area contributed by atoms with Gasteiger partial charge in [0.15, 0.2) is 0 Å². The van der Waals surface area contributed by atoms with Gasteiger partial charge >= 0.3 is 0 Å². The fourth-order valence-corrected chi connectivity index (χ4v) is 2.38. The van der Waals surface area contributed by atoms with Gasteiger partial charge in [0, 0.05) is 37.7 Å². The molecule has 0 aliphatic carbocycles. The number of benzene rings is 1. The molecular weight excluding hydrogens is 286 g/mol. The third-order valence-corrected chi connectivity index (χ3v) is 3.74. The van der Waals surface area contributed by atoms with Crippen molar-refractivity contribution in [2.24, 2.45) is 5.73 Å². The minimum atomic E-state index is -0.451. The van der Waals surface area contributed by atoms with Gasteiger partial charge in [-0.05, 0) is 31.4 Å². The maximum Gasteiger partial charge on any atom is 0.269 e. The molecule has 0 unspecified atom stereocenters. The zero-order valence-electron chi connectivity index (χ0n) is 12.4. The van der Waals surface area contributed by atoms with Crippen molar-refractivity contribution in [1.82, 2.24) is 4.90 Å². The standard InChI is InChI=1S/C15H21N3O4/c16-12-7-9-17(10-8-12)15(19)2-1-11-22-14-5-3-13(4-6-14)18(20)21/h3-6,12H,1-2,7-11,16H2. The number of carbonyl (C=O) groups is 1. The van der Waals surface area contributed by atoms with E-state index in [-0.39, 0.29) is 17.6 Å². The Morgan fingerprint density at radius 1 is 1.32 bits per heavy atom. The first-order valence-corrected chi connectivity index (χ1v) is 7.47. The Morgan fingerprint density at radius 3 is 2.55 bits per heavy atom. The number of hydrogen-bond acceptors (Lipinski definition) is 5. The van der Waals surface area contributed by atoms with Gasteiger partial charge in [-0.15, -0.1) is 0 Å². The Labute approximate surface area is 129 Å². The third-order valence-electron chi connectivity index (χ3n) is 3.74. The van der Waals surface area contributed by atoms with E-state index in [1.165, 1.54) is 12.1 Å². The molecule has 2 N–H and O–H groups in total. The SMILES string of the molecule is NC1CCN(C(=O)CCCOc2ccc([N+](=O)[O-])cc2)CC1. The quantitative estimate of drug-likeness (QED) is 0.490. The molecule has 1 aliphatic rings. The summed E-state index contributed by atoms with van der Waals surface area (Å²) < 4.78 is 5.48. The van der Waals surface area contributed by atoms with Gasteiger partial charge in [0.25, 0.3) is 5.69 Å². The zero-order valence-corrected chi connectivity index (χ0v) is 12.4. The highest BCUT2D eigenvalue weighted by molar-refractivity contribution is 5.76. The molecule has 0 atom stereocenters. The van der Waals surface area contributed by atoms with E-state index in [4.69, 9.17) is 10.5 Å². The van der Waals surface area contributed by atoms with Gasteiger partial charge < -0.3 is 15.4 Å². The van der Waals surface area contributed by atoms with Gasteiger partial charge in [0.1, 0.15) is 5.75 Å². The summed E-state index contributed by atoms with van der Waals surface area (Å²) in [6.45, 7) is 1.89. The van der Waals surface area contributed by atoms with E-state index in [1.54, 1.807) is 12.1 Å². The van der Waals surface area contributed by atoms with E-state index in [9.17, 15) is 14.9 Å². The molecular formula is C15H21N3O4. The maximum absolute atomic E-state index is 12.0. The molecule has 1 fully saturated rings. The van der Waals surface area contributed by atoms with Crippen LogP contribution in [0.4, 0.5) is 5.69 Å². The highest BCUT2D eigenvalue weighted by Gasteiger charge is 2.19. The number of hydrogen-bond donors (Lipinski definition) is 1. The normalized spacial score (nSPS) is 15.6. The van der Waals surface area contributed by atoms with Crippen molar-refractivity contribution in [2.75, 3.05) is 19.7 Å². The molecule has 0 spiro atoms. The summed E-state index contributed by atoms with van der Waals surface area (Å²) in [7, 11) is 0. The Morgan fingerprint density at radius 2 is 1.95 bits per heavy atom. The van der Waals surface area contributed by atoms with E-state index < -0.39 is 4.92 Å². The summed E-state index contributed by atoms with van der Waals surface area (Å²) in [5, 5.41) is 10.5. The van der Waals surface area contributed by atoms with Crippen molar-refractivity contribution in [3.63, 3.8) is 0 Å². The first kappa shape index (κ1) is 16.2. The number of non-ortho nitro benzene ring substituents is 1. The molecule has 120 valence electrons. The number of nitrogens with zero attached hydrogens (tertiary/aromatic N) is 2. The molecule has 0 saturated carbocycles. The van der Waals surface area contributed by atoms with Crippen LogP contribution in [0.3, 0.4) is 0 Å². The molecule has 0 bridgehead atoms. The van der Waals surface area contributed by atoms with Crippen LogP contribution in [0.25, 0.3) is 0 Å². The lowest BCUT2D eigenvalue weighted by molar-refractivity contribution is -0.384. The highest BCUT2D eigenvalue weighted by Crippen LogP contribution is 2.17. The van der Waals surface area contributed by atoms with Crippen LogP contribution in [0.2, 0.25) is 0 Å². The van der Waals surface area contributed by atoms with Crippen LogP contribution < -0.4 is 10.5 Å². The van der Waals surface area contributed by atoms with Crippen LogP contribution in [-0.2, 0) is 4.79 Å². The lowest BCUT2D eigenvalue weighted by Crippen LogP contribution is -2.42. The van der Waals surface area contributed by atoms with Crippen LogP contribution >= 0.6 is 0 Å². The van der Waals surface area contributed by atoms with Gasteiger partial charge in [0.2, 0.25) is 5.91 Å². The second-order valence-electron chi connectivity index (χ2n) is 5.42. The molecule has 0 aromatic heterocycles. The van der Waals surface area contributed by atoms with Gasteiger partial charge in [-0.3, -0.25) is 14.9 Å². The Hall–Kier alpha value is -2.15. The number of carbonyl (C=O) groups excluding carboxylic acids is 1. The van der Waals surface area contributed by atoms with Crippen LogP contribution in [0, 0.1) is 10.1 Å². The number of piperidine rings is 1. The third kappa shape index (κ3) is 4.70. The molecule has 1 heterocycles. The van der Waals surface area contributed by atoms with Crippen LogP contribution in [0.1, 0.15) is 25.7 Å².